The maximum atomic E-state index is 11.7. The first-order chi connectivity index (χ1) is 9.17. The number of para-hydroxylation sites is 1. The van der Waals surface area contributed by atoms with Gasteiger partial charge in [0.1, 0.15) is 5.76 Å². The van der Waals surface area contributed by atoms with E-state index >= 15 is 0 Å². The molecular weight excluding hydrogens is 244 g/mol. The van der Waals surface area contributed by atoms with Crippen LogP contribution in [-0.2, 0) is 9.53 Å². The standard InChI is InChI=1S/C15H16O4/c1-4-18-15(16)10(2)12-9-8-11-6-5-7-13(17-3)14(11)19-12/h5-9H,4H2,1-3H3/b12-10+. The summed E-state index contributed by atoms with van der Waals surface area (Å²) in [4.78, 5) is 11.7. The lowest BCUT2D eigenvalue weighted by molar-refractivity contribution is -0.138. The molecule has 0 fully saturated rings. The fourth-order valence-electron chi connectivity index (χ4n) is 1.78. The zero-order valence-electron chi connectivity index (χ0n) is 11.2. The highest BCUT2D eigenvalue weighted by molar-refractivity contribution is 5.89. The average molecular weight is 260 g/mol. The summed E-state index contributed by atoms with van der Waals surface area (Å²) in [6.45, 7) is 3.79. The summed E-state index contributed by atoms with van der Waals surface area (Å²) in [7, 11) is 1.58. The van der Waals surface area contributed by atoms with Crippen LogP contribution in [0.2, 0.25) is 0 Å². The van der Waals surface area contributed by atoms with Crippen LogP contribution in [0.3, 0.4) is 0 Å². The van der Waals surface area contributed by atoms with Gasteiger partial charge in [-0.15, -0.1) is 0 Å². The molecule has 1 aliphatic rings. The first kappa shape index (κ1) is 13.2. The molecule has 0 bridgehead atoms. The fraction of sp³-hybridized carbons (Fsp3) is 0.267. The molecule has 0 radical (unpaired) electrons. The average Bonchev–Trinajstić information content (AvgIpc) is 2.45. The Morgan fingerprint density at radius 3 is 2.79 bits per heavy atom. The molecule has 0 saturated heterocycles. The number of carbonyl (C=O) groups excluding carboxylic acids is 1. The minimum absolute atomic E-state index is 0.340. The molecule has 19 heavy (non-hydrogen) atoms. The number of methoxy groups -OCH3 is 1. The summed E-state index contributed by atoms with van der Waals surface area (Å²) in [6.07, 6.45) is 3.65. The molecule has 0 spiro atoms. The lowest BCUT2D eigenvalue weighted by Crippen LogP contribution is -2.11. The van der Waals surface area contributed by atoms with Gasteiger partial charge >= 0.3 is 5.97 Å². The minimum Gasteiger partial charge on any atom is -0.493 e. The van der Waals surface area contributed by atoms with Crippen molar-refractivity contribution < 1.29 is 19.0 Å². The van der Waals surface area contributed by atoms with Crippen LogP contribution in [0, 0.1) is 0 Å². The topological polar surface area (TPSA) is 44.8 Å². The predicted octanol–water partition coefficient (Wildman–Crippen LogP) is 2.94. The Bertz CT molecular complexity index is 555. The summed E-state index contributed by atoms with van der Waals surface area (Å²) < 4.78 is 16.0. The van der Waals surface area contributed by atoms with Gasteiger partial charge in [0.25, 0.3) is 0 Å². The highest BCUT2D eigenvalue weighted by Crippen LogP contribution is 2.37. The molecule has 100 valence electrons. The van der Waals surface area contributed by atoms with Crippen molar-refractivity contribution in [2.24, 2.45) is 0 Å². The minimum atomic E-state index is -0.375. The number of rotatable bonds is 3. The third kappa shape index (κ3) is 2.62. The number of benzene rings is 1. The fourth-order valence-corrected chi connectivity index (χ4v) is 1.78. The summed E-state index contributed by atoms with van der Waals surface area (Å²) in [6, 6.07) is 5.62. The van der Waals surface area contributed by atoms with Gasteiger partial charge in [-0.05, 0) is 32.1 Å². The highest BCUT2D eigenvalue weighted by atomic mass is 16.5. The van der Waals surface area contributed by atoms with Gasteiger partial charge in [0.05, 0.1) is 19.3 Å². The second kappa shape index (κ2) is 5.61. The van der Waals surface area contributed by atoms with E-state index in [4.69, 9.17) is 14.2 Å². The van der Waals surface area contributed by atoms with Gasteiger partial charge in [-0.25, -0.2) is 4.79 Å². The zero-order valence-corrected chi connectivity index (χ0v) is 11.2. The van der Waals surface area contributed by atoms with Crippen molar-refractivity contribution in [3.63, 3.8) is 0 Å². The van der Waals surface area contributed by atoms with E-state index < -0.39 is 0 Å². The molecule has 0 aromatic heterocycles. The van der Waals surface area contributed by atoms with Crippen LogP contribution in [0.25, 0.3) is 6.08 Å². The number of allylic oxidation sites excluding steroid dienone is 1. The Balaban J connectivity index is 2.36. The molecule has 4 nitrogen and oxygen atoms in total. The molecule has 0 amide bonds. The Kier molecular flexibility index (Phi) is 3.90. The summed E-state index contributed by atoms with van der Waals surface area (Å²) in [5.74, 6) is 1.36. The molecule has 2 rings (SSSR count). The van der Waals surface area contributed by atoms with Gasteiger partial charge in [0.2, 0.25) is 0 Å². The van der Waals surface area contributed by atoms with E-state index in [1.165, 1.54) is 0 Å². The number of carbonyl (C=O) groups is 1. The molecule has 1 aromatic carbocycles. The van der Waals surface area contributed by atoms with E-state index in [9.17, 15) is 4.79 Å². The second-order valence-electron chi connectivity index (χ2n) is 4.02. The van der Waals surface area contributed by atoms with Gasteiger partial charge in [-0.1, -0.05) is 12.1 Å². The van der Waals surface area contributed by atoms with E-state index in [2.05, 4.69) is 0 Å². The van der Waals surface area contributed by atoms with Gasteiger partial charge in [-0.3, -0.25) is 0 Å². The maximum Gasteiger partial charge on any atom is 0.337 e. The van der Waals surface area contributed by atoms with Crippen molar-refractivity contribution >= 4 is 12.0 Å². The van der Waals surface area contributed by atoms with Crippen molar-refractivity contribution in [2.45, 2.75) is 13.8 Å². The highest BCUT2D eigenvalue weighted by Gasteiger charge is 2.19. The summed E-state index contributed by atoms with van der Waals surface area (Å²) >= 11 is 0. The van der Waals surface area contributed by atoms with Crippen LogP contribution >= 0.6 is 0 Å². The van der Waals surface area contributed by atoms with Crippen LogP contribution < -0.4 is 9.47 Å². The van der Waals surface area contributed by atoms with Crippen LogP contribution in [0.5, 0.6) is 11.5 Å². The first-order valence-corrected chi connectivity index (χ1v) is 6.08. The van der Waals surface area contributed by atoms with Crippen LogP contribution in [0.15, 0.2) is 35.6 Å². The molecule has 4 heteroatoms. The smallest absolute Gasteiger partial charge is 0.337 e. The van der Waals surface area contributed by atoms with Gasteiger partial charge in [0.15, 0.2) is 11.5 Å². The number of hydrogen-bond donors (Lipinski definition) is 0. The zero-order chi connectivity index (χ0) is 13.8. The molecule has 1 aliphatic heterocycles. The number of esters is 1. The molecule has 0 unspecified atom stereocenters. The van der Waals surface area contributed by atoms with E-state index in [-0.39, 0.29) is 5.97 Å². The Morgan fingerprint density at radius 2 is 2.11 bits per heavy atom. The van der Waals surface area contributed by atoms with Gasteiger partial charge < -0.3 is 14.2 Å². The maximum absolute atomic E-state index is 11.7. The van der Waals surface area contributed by atoms with Crippen molar-refractivity contribution in [1.82, 2.24) is 0 Å². The SMILES string of the molecule is CCOC(=O)/C(C)=C1\C=Cc2cccc(OC)c2O1. The predicted molar refractivity (Wildman–Crippen MR) is 72.0 cm³/mol. The molecule has 1 aromatic rings. The van der Waals surface area contributed by atoms with Crippen molar-refractivity contribution in [1.29, 1.82) is 0 Å². The van der Waals surface area contributed by atoms with Crippen molar-refractivity contribution in [2.75, 3.05) is 13.7 Å². The van der Waals surface area contributed by atoms with Gasteiger partial charge in [-0.2, -0.15) is 0 Å². The van der Waals surface area contributed by atoms with E-state index in [0.29, 0.717) is 29.4 Å². The Labute approximate surface area is 112 Å². The van der Waals surface area contributed by atoms with Crippen LogP contribution in [0.1, 0.15) is 19.4 Å². The normalized spacial score (nSPS) is 15.3. The molecule has 0 aliphatic carbocycles. The van der Waals surface area contributed by atoms with Crippen molar-refractivity contribution in [3.05, 3.63) is 41.2 Å². The summed E-state index contributed by atoms with van der Waals surface area (Å²) in [5.41, 5.74) is 1.36. The third-order valence-corrected chi connectivity index (χ3v) is 2.81. The monoisotopic (exact) mass is 260 g/mol. The van der Waals surface area contributed by atoms with Crippen molar-refractivity contribution in [3.8, 4) is 11.5 Å². The molecule has 1 heterocycles. The first-order valence-electron chi connectivity index (χ1n) is 6.08. The molecule has 0 N–H and O–H groups in total. The second-order valence-corrected chi connectivity index (χ2v) is 4.02. The molecule has 0 atom stereocenters. The quantitative estimate of drug-likeness (QED) is 0.619. The number of hydrogen-bond acceptors (Lipinski definition) is 4. The molecule has 0 saturated carbocycles. The number of ether oxygens (including phenoxy) is 3. The third-order valence-electron chi connectivity index (χ3n) is 2.81. The largest absolute Gasteiger partial charge is 0.493 e. The summed E-state index contributed by atoms with van der Waals surface area (Å²) in [5, 5.41) is 0. The Morgan fingerprint density at radius 1 is 1.32 bits per heavy atom. The van der Waals surface area contributed by atoms with Crippen LogP contribution in [-0.4, -0.2) is 19.7 Å². The lowest BCUT2D eigenvalue weighted by Gasteiger charge is -2.18. The number of fused-ring (bicyclic) bond motifs is 1. The lowest BCUT2D eigenvalue weighted by atomic mass is 10.1. The van der Waals surface area contributed by atoms with Crippen LogP contribution in [0.4, 0.5) is 0 Å². The van der Waals surface area contributed by atoms with E-state index in [1.807, 2.05) is 24.3 Å². The van der Waals surface area contributed by atoms with Gasteiger partial charge in [0, 0.05) is 5.56 Å². The van der Waals surface area contributed by atoms with E-state index in [1.54, 1.807) is 27.0 Å². The molecular formula is C15H16O4. The van der Waals surface area contributed by atoms with E-state index in [0.717, 1.165) is 5.56 Å². The Hall–Kier alpha value is -2.23.